The topological polar surface area (TPSA) is 51.1 Å². The lowest BCUT2D eigenvalue weighted by atomic mass is 9.87. The van der Waals surface area contributed by atoms with Gasteiger partial charge in [-0.2, -0.15) is 0 Å². The SMILES string of the molecule is O=C(CCCn1sc2ccccc2c1=O)N[C@@H]1CCCc2ccccc21. The molecule has 1 heterocycles. The third kappa shape index (κ3) is 3.44. The van der Waals surface area contributed by atoms with Gasteiger partial charge in [-0.05, 0) is 48.9 Å². The van der Waals surface area contributed by atoms with E-state index in [1.54, 1.807) is 3.96 Å². The van der Waals surface area contributed by atoms with Crippen LogP contribution in [0.25, 0.3) is 10.1 Å². The molecule has 0 saturated carbocycles. The van der Waals surface area contributed by atoms with Crippen molar-refractivity contribution in [1.29, 1.82) is 0 Å². The van der Waals surface area contributed by atoms with Crippen molar-refractivity contribution < 1.29 is 4.79 Å². The van der Waals surface area contributed by atoms with Crippen molar-refractivity contribution in [1.82, 2.24) is 9.27 Å². The first-order valence-electron chi connectivity index (χ1n) is 9.18. The van der Waals surface area contributed by atoms with E-state index in [-0.39, 0.29) is 17.5 Å². The second-order valence-electron chi connectivity index (χ2n) is 6.81. The predicted octanol–water partition coefficient (Wildman–Crippen LogP) is 4.04. The first-order valence-corrected chi connectivity index (χ1v) is 9.96. The molecule has 0 radical (unpaired) electrons. The van der Waals surface area contributed by atoms with Crippen LogP contribution in [0.4, 0.5) is 0 Å². The van der Waals surface area contributed by atoms with E-state index in [9.17, 15) is 9.59 Å². The standard InChI is InChI=1S/C21H22N2O2S/c24-20(22-18-11-5-8-15-7-1-2-9-16(15)18)13-6-14-23-21(25)17-10-3-4-12-19(17)26-23/h1-4,7,9-10,12,18H,5-6,8,11,13-14H2,(H,22,24)/t18-/m1/s1. The normalized spacial score (nSPS) is 16.4. The average molecular weight is 366 g/mol. The number of amides is 1. The Kier molecular flexibility index (Phi) is 4.89. The maximum atomic E-state index is 12.4. The smallest absolute Gasteiger partial charge is 0.268 e. The fraction of sp³-hybridized carbons (Fsp3) is 0.333. The van der Waals surface area contributed by atoms with Crippen molar-refractivity contribution in [3.05, 3.63) is 70.0 Å². The van der Waals surface area contributed by atoms with Crippen LogP contribution in [-0.2, 0) is 17.8 Å². The zero-order valence-corrected chi connectivity index (χ0v) is 15.4. The summed E-state index contributed by atoms with van der Waals surface area (Å²) in [5.74, 6) is 0.0702. The lowest BCUT2D eigenvalue weighted by molar-refractivity contribution is -0.122. The lowest BCUT2D eigenvalue weighted by Gasteiger charge is -2.26. The minimum atomic E-state index is 0.0483. The van der Waals surface area contributed by atoms with Crippen LogP contribution in [0, 0.1) is 0 Å². The third-order valence-electron chi connectivity index (χ3n) is 5.02. The molecular formula is C21H22N2O2S. The van der Waals surface area contributed by atoms with Crippen molar-refractivity contribution in [3.63, 3.8) is 0 Å². The highest BCUT2D eigenvalue weighted by Crippen LogP contribution is 2.29. The first-order chi connectivity index (χ1) is 12.7. The molecule has 1 aliphatic carbocycles. The van der Waals surface area contributed by atoms with E-state index in [4.69, 9.17) is 0 Å². The van der Waals surface area contributed by atoms with Gasteiger partial charge in [-0.25, -0.2) is 0 Å². The first kappa shape index (κ1) is 17.0. The predicted molar refractivity (Wildman–Crippen MR) is 106 cm³/mol. The van der Waals surface area contributed by atoms with Crippen molar-refractivity contribution in [2.24, 2.45) is 0 Å². The molecule has 0 fully saturated rings. The molecule has 134 valence electrons. The maximum absolute atomic E-state index is 12.4. The van der Waals surface area contributed by atoms with Gasteiger partial charge in [0.1, 0.15) is 0 Å². The fourth-order valence-electron chi connectivity index (χ4n) is 3.72. The monoisotopic (exact) mass is 366 g/mol. The fourth-order valence-corrected chi connectivity index (χ4v) is 4.75. The van der Waals surface area contributed by atoms with E-state index in [1.165, 1.54) is 22.7 Å². The number of nitrogens with one attached hydrogen (secondary N) is 1. The number of carbonyl (C=O) groups excluding carboxylic acids is 1. The molecular weight excluding hydrogens is 344 g/mol. The summed E-state index contributed by atoms with van der Waals surface area (Å²) in [7, 11) is 0. The van der Waals surface area contributed by atoms with E-state index in [1.807, 2.05) is 30.3 Å². The van der Waals surface area contributed by atoms with Crippen molar-refractivity contribution >= 4 is 27.5 Å². The summed E-state index contributed by atoms with van der Waals surface area (Å²) in [6.45, 7) is 0.590. The van der Waals surface area contributed by atoms with Gasteiger partial charge in [0.15, 0.2) is 0 Å². The Hall–Kier alpha value is -2.40. The van der Waals surface area contributed by atoms with Crippen molar-refractivity contribution in [3.8, 4) is 0 Å². The van der Waals surface area contributed by atoms with Crippen LogP contribution in [0.3, 0.4) is 0 Å². The number of carbonyl (C=O) groups is 1. The molecule has 0 saturated heterocycles. The summed E-state index contributed by atoms with van der Waals surface area (Å²) < 4.78 is 2.76. The van der Waals surface area contributed by atoms with E-state index < -0.39 is 0 Å². The minimum absolute atomic E-state index is 0.0483. The van der Waals surface area contributed by atoms with Crippen molar-refractivity contribution in [2.75, 3.05) is 0 Å². The summed E-state index contributed by atoms with van der Waals surface area (Å²) in [4.78, 5) is 24.7. The Morgan fingerprint density at radius 3 is 2.85 bits per heavy atom. The highest BCUT2D eigenvalue weighted by Gasteiger charge is 2.21. The molecule has 26 heavy (non-hydrogen) atoms. The summed E-state index contributed by atoms with van der Waals surface area (Å²) in [5, 5.41) is 3.94. The summed E-state index contributed by atoms with van der Waals surface area (Å²) in [5.41, 5.74) is 2.65. The second-order valence-corrected chi connectivity index (χ2v) is 7.87. The number of hydrogen-bond acceptors (Lipinski definition) is 3. The molecule has 1 aliphatic rings. The van der Waals surface area contributed by atoms with Crippen molar-refractivity contribution in [2.45, 2.75) is 44.7 Å². The number of fused-ring (bicyclic) bond motifs is 2. The van der Waals surface area contributed by atoms with Crippen LogP contribution >= 0.6 is 11.5 Å². The Morgan fingerprint density at radius 2 is 1.96 bits per heavy atom. The van der Waals surface area contributed by atoms with Crippen LogP contribution in [-0.4, -0.2) is 9.86 Å². The summed E-state index contributed by atoms with van der Waals surface area (Å²) >= 11 is 1.47. The summed E-state index contributed by atoms with van der Waals surface area (Å²) in [6, 6.07) is 16.2. The highest BCUT2D eigenvalue weighted by molar-refractivity contribution is 7.13. The van der Waals surface area contributed by atoms with E-state index in [0.29, 0.717) is 19.4 Å². The molecule has 1 aromatic heterocycles. The average Bonchev–Trinajstić information content (AvgIpc) is 2.98. The largest absolute Gasteiger partial charge is 0.349 e. The third-order valence-corrected chi connectivity index (χ3v) is 6.14. The number of aromatic nitrogens is 1. The molecule has 0 unspecified atom stereocenters. The molecule has 0 spiro atoms. The van der Waals surface area contributed by atoms with E-state index in [2.05, 4.69) is 23.5 Å². The molecule has 2 aromatic carbocycles. The number of hydrogen-bond donors (Lipinski definition) is 1. The van der Waals surface area contributed by atoms with Crippen LogP contribution < -0.4 is 10.9 Å². The van der Waals surface area contributed by atoms with Gasteiger partial charge in [-0.3, -0.25) is 13.5 Å². The van der Waals surface area contributed by atoms with Crippen LogP contribution in [0.5, 0.6) is 0 Å². The van der Waals surface area contributed by atoms with Gasteiger partial charge in [0.2, 0.25) is 5.91 Å². The minimum Gasteiger partial charge on any atom is -0.349 e. The quantitative estimate of drug-likeness (QED) is 0.741. The Labute approximate surface area is 156 Å². The zero-order valence-electron chi connectivity index (χ0n) is 14.6. The summed E-state index contributed by atoms with van der Waals surface area (Å²) in [6.07, 6.45) is 4.32. The zero-order chi connectivity index (χ0) is 17.9. The Bertz CT molecular complexity index is 989. The molecule has 4 nitrogen and oxygen atoms in total. The molecule has 0 aliphatic heterocycles. The van der Waals surface area contributed by atoms with Gasteiger partial charge in [0.05, 0.1) is 16.1 Å². The number of aryl methyl sites for hydroxylation is 2. The maximum Gasteiger partial charge on any atom is 0.268 e. The molecule has 1 N–H and O–H groups in total. The Morgan fingerprint density at radius 1 is 1.15 bits per heavy atom. The number of benzene rings is 2. The van der Waals surface area contributed by atoms with Gasteiger partial charge in [0, 0.05) is 13.0 Å². The molecule has 3 aromatic rings. The van der Waals surface area contributed by atoms with Gasteiger partial charge >= 0.3 is 0 Å². The van der Waals surface area contributed by atoms with Gasteiger partial charge < -0.3 is 5.32 Å². The molecule has 1 amide bonds. The number of nitrogens with zero attached hydrogens (tertiary/aromatic N) is 1. The van der Waals surface area contributed by atoms with Crippen LogP contribution in [0.15, 0.2) is 53.3 Å². The lowest BCUT2D eigenvalue weighted by Crippen LogP contribution is -2.31. The van der Waals surface area contributed by atoms with Gasteiger partial charge in [-0.1, -0.05) is 47.9 Å². The van der Waals surface area contributed by atoms with Gasteiger partial charge in [0.25, 0.3) is 5.56 Å². The van der Waals surface area contributed by atoms with Gasteiger partial charge in [-0.15, -0.1) is 0 Å². The van der Waals surface area contributed by atoms with E-state index in [0.717, 1.165) is 29.3 Å². The molecule has 4 rings (SSSR count). The highest BCUT2D eigenvalue weighted by atomic mass is 32.1. The van der Waals surface area contributed by atoms with E-state index >= 15 is 0 Å². The van der Waals surface area contributed by atoms with Crippen LogP contribution in [0.1, 0.15) is 42.9 Å². The molecule has 1 atom stereocenters. The second kappa shape index (κ2) is 7.46. The van der Waals surface area contributed by atoms with Crippen LogP contribution in [0.2, 0.25) is 0 Å². The number of rotatable bonds is 5. The Balaban J connectivity index is 1.35. The molecule has 0 bridgehead atoms. The molecule has 5 heteroatoms.